The highest BCUT2D eigenvalue weighted by atomic mass is 35.5. The Bertz CT molecular complexity index is 507. The predicted octanol–water partition coefficient (Wildman–Crippen LogP) is 4.09. The number of hydrogen-bond acceptors (Lipinski definition) is 3. The van der Waals surface area contributed by atoms with Gasteiger partial charge in [-0.15, -0.1) is 11.3 Å². The van der Waals surface area contributed by atoms with Gasteiger partial charge in [-0.3, -0.25) is 0 Å². The number of aliphatic hydroxyl groups excluding tert-OH is 1. The minimum Gasteiger partial charge on any atom is -0.389 e. The van der Waals surface area contributed by atoms with E-state index in [1.165, 1.54) is 4.88 Å². The van der Waals surface area contributed by atoms with Gasteiger partial charge in [-0.1, -0.05) is 23.7 Å². The zero-order valence-corrected chi connectivity index (χ0v) is 12.0. The lowest BCUT2D eigenvalue weighted by Crippen LogP contribution is -2.15. The predicted molar refractivity (Wildman–Crippen MR) is 78.5 cm³/mol. The van der Waals surface area contributed by atoms with Crippen LogP contribution in [0.15, 0.2) is 36.4 Å². The maximum absolute atomic E-state index is 9.46. The Morgan fingerprint density at radius 3 is 2.39 bits per heavy atom. The van der Waals surface area contributed by atoms with E-state index in [2.05, 4.69) is 4.90 Å². The van der Waals surface area contributed by atoms with Crippen LogP contribution in [-0.2, 0) is 6.54 Å². The molecular weight excluding hydrogens is 266 g/mol. The highest BCUT2D eigenvalue weighted by Gasteiger charge is 2.06. The van der Waals surface area contributed by atoms with Crippen LogP contribution in [0.25, 0.3) is 0 Å². The van der Waals surface area contributed by atoms with Crippen molar-refractivity contribution in [3.8, 4) is 0 Å². The maximum Gasteiger partial charge on any atom is 0.0931 e. The van der Waals surface area contributed by atoms with Crippen molar-refractivity contribution in [2.45, 2.75) is 19.6 Å². The minimum atomic E-state index is -0.416. The zero-order valence-electron chi connectivity index (χ0n) is 10.4. The van der Waals surface area contributed by atoms with Crippen LogP contribution in [0.4, 0.5) is 5.69 Å². The number of thiophene rings is 1. The molecule has 0 spiro atoms. The Morgan fingerprint density at radius 1 is 1.22 bits per heavy atom. The smallest absolute Gasteiger partial charge is 0.0931 e. The number of hydrogen-bond donors (Lipinski definition) is 1. The molecule has 0 amide bonds. The molecule has 0 saturated heterocycles. The Kier molecular flexibility index (Phi) is 4.27. The van der Waals surface area contributed by atoms with Gasteiger partial charge in [-0.25, -0.2) is 0 Å². The molecule has 0 aliphatic rings. The van der Waals surface area contributed by atoms with Crippen LogP contribution in [-0.4, -0.2) is 12.2 Å². The summed E-state index contributed by atoms with van der Waals surface area (Å²) in [6, 6.07) is 11.9. The highest BCUT2D eigenvalue weighted by Crippen LogP contribution is 2.25. The summed E-state index contributed by atoms with van der Waals surface area (Å²) in [5.74, 6) is 0. The molecule has 96 valence electrons. The van der Waals surface area contributed by atoms with Gasteiger partial charge in [0.25, 0.3) is 0 Å². The lowest BCUT2D eigenvalue weighted by Gasteiger charge is -2.19. The lowest BCUT2D eigenvalue weighted by atomic mass is 10.1. The summed E-state index contributed by atoms with van der Waals surface area (Å²) in [6.45, 7) is 2.61. The van der Waals surface area contributed by atoms with Gasteiger partial charge in [-0.05, 0) is 36.8 Å². The van der Waals surface area contributed by atoms with Crippen LogP contribution in [0.2, 0.25) is 4.34 Å². The molecule has 1 aromatic heterocycles. The summed E-state index contributed by atoms with van der Waals surface area (Å²) in [7, 11) is 2.05. The molecule has 0 fully saturated rings. The van der Waals surface area contributed by atoms with Crippen LogP contribution in [0.5, 0.6) is 0 Å². The van der Waals surface area contributed by atoms with E-state index < -0.39 is 6.10 Å². The van der Waals surface area contributed by atoms with Crippen molar-refractivity contribution in [1.29, 1.82) is 0 Å². The van der Waals surface area contributed by atoms with Gasteiger partial charge in [-0.2, -0.15) is 0 Å². The van der Waals surface area contributed by atoms with Crippen molar-refractivity contribution < 1.29 is 5.11 Å². The average molecular weight is 282 g/mol. The standard InChI is InChI=1S/C14H16ClNOS/c1-10(17)11-3-5-12(6-4-11)16(2)9-13-7-8-14(15)18-13/h3-8,10,17H,9H2,1-2H3/t10-/m1/s1. The maximum atomic E-state index is 9.46. The molecule has 1 aromatic carbocycles. The topological polar surface area (TPSA) is 23.5 Å². The Labute approximate surface area is 116 Å². The summed E-state index contributed by atoms with van der Waals surface area (Å²) in [5, 5.41) is 9.46. The Balaban J connectivity index is 2.06. The summed E-state index contributed by atoms with van der Waals surface area (Å²) in [5.41, 5.74) is 2.07. The van der Waals surface area contributed by atoms with Crippen LogP contribution < -0.4 is 4.90 Å². The van der Waals surface area contributed by atoms with Gasteiger partial charge in [0.1, 0.15) is 0 Å². The third-order valence-electron chi connectivity index (χ3n) is 2.84. The lowest BCUT2D eigenvalue weighted by molar-refractivity contribution is 0.199. The van der Waals surface area contributed by atoms with E-state index in [9.17, 15) is 5.11 Å². The van der Waals surface area contributed by atoms with Crippen molar-refractivity contribution in [2.75, 3.05) is 11.9 Å². The molecule has 0 radical (unpaired) electrons. The van der Waals surface area contributed by atoms with Crippen molar-refractivity contribution >= 4 is 28.6 Å². The van der Waals surface area contributed by atoms with Crippen molar-refractivity contribution in [1.82, 2.24) is 0 Å². The molecule has 18 heavy (non-hydrogen) atoms. The summed E-state index contributed by atoms with van der Waals surface area (Å²) >= 11 is 7.52. The summed E-state index contributed by atoms with van der Waals surface area (Å²) in [6.07, 6.45) is -0.416. The molecule has 0 aliphatic heterocycles. The molecular formula is C14H16ClNOS. The summed E-state index contributed by atoms with van der Waals surface area (Å²) < 4.78 is 0.822. The van der Waals surface area contributed by atoms with Gasteiger partial charge in [0, 0.05) is 17.6 Å². The molecule has 4 heteroatoms. The first kappa shape index (κ1) is 13.4. The molecule has 1 N–H and O–H groups in total. The first-order valence-corrected chi connectivity index (χ1v) is 6.99. The molecule has 2 aromatic rings. The number of nitrogens with zero attached hydrogens (tertiary/aromatic N) is 1. The molecule has 0 unspecified atom stereocenters. The number of aliphatic hydroxyl groups is 1. The number of benzene rings is 1. The van der Waals surface area contributed by atoms with E-state index in [4.69, 9.17) is 11.6 Å². The van der Waals surface area contributed by atoms with E-state index in [1.807, 2.05) is 43.4 Å². The molecule has 0 aliphatic carbocycles. The van der Waals surface area contributed by atoms with E-state index >= 15 is 0 Å². The molecule has 2 nitrogen and oxygen atoms in total. The number of halogens is 1. The Hall–Kier alpha value is -1.03. The van der Waals surface area contributed by atoms with E-state index in [0.717, 1.165) is 22.1 Å². The van der Waals surface area contributed by atoms with Crippen LogP contribution in [0.3, 0.4) is 0 Å². The second kappa shape index (κ2) is 5.74. The molecule has 0 bridgehead atoms. The fourth-order valence-corrected chi connectivity index (χ4v) is 2.91. The number of anilines is 1. The zero-order chi connectivity index (χ0) is 13.1. The van der Waals surface area contributed by atoms with Crippen molar-refractivity contribution in [3.63, 3.8) is 0 Å². The first-order chi connectivity index (χ1) is 8.56. The van der Waals surface area contributed by atoms with Gasteiger partial charge in [0.2, 0.25) is 0 Å². The third kappa shape index (κ3) is 3.25. The van der Waals surface area contributed by atoms with Gasteiger partial charge in [0.15, 0.2) is 0 Å². The van der Waals surface area contributed by atoms with E-state index in [-0.39, 0.29) is 0 Å². The number of rotatable bonds is 4. The quantitative estimate of drug-likeness (QED) is 0.912. The first-order valence-electron chi connectivity index (χ1n) is 5.79. The normalized spacial score (nSPS) is 12.4. The van der Waals surface area contributed by atoms with Crippen LogP contribution >= 0.6 is 22.9 Å². The largest absolute Gasteiger partial charge is 0.389 e. The SMILES string of the molecule is C[C@@H](O)c1ccc(N(C)Cc2ccc(Cl)s2)cc1. The molecule has 1 heterocycles. The highest BCUT2D eigenvalue weighted by molar-refractivity contribution is 7.16. The second-order valence-electron chi connectivity index (χ2n) is 4.33. The fourth-order valence-electron chi connectivity index (χ4n) is 1.77. The molecule has 1 atom stereocenters. The minimum absolute atomic E-state index is 0.416. The van der Waals surface area contributed by atoms with E-state index in [1.54, 1.807) is 18.3 Å². The second-order valence-corrected chi connectivity index (χ2v) is 6.13. The van der Waals surface area contributed by atoms with Crippen molar-refractivity contribution in [2.24, 2.45) is 0 Å². The molecule has 0 saturated carbocycles. The van der Waals surface area contributed by atoms with Crippen molar-refractivity contribution in [3.05, 3.63) is 51.2 Å². The average Bonchev–Trinajstić information content (AvgIpc) is 2.75. The van der Waals surface area contributed by atoms with Gasteiger partial charge < -0.3 is 10.0 Å². The van der Waals surface area contributed by atoms with Gasteiger partial charge in [0.05, 0.1) is 17.0 Å². The molecule has 2 rings (SSSR count). The van der Waals surface area contributed by atoms with Crippen LogP contribution in [0, 0.1) is 0 Å². The third-order valence-corrected chi connectivity index (χ3v) is 4.05. The van der Waals surface area contributed by atoms with E-state index in [0.29, 0.717) is 0 Å². The monoisotopic (exact) mass is 281 g/mol. The van der Waals surface area contributed by atoms with Gasteiger partial charge >= 0.3 is 0 Å². The fraction of sp³-hybridized carbons (Fsp3) is 0.286. The summed E-state index contributed by atoms with van der Waals surface area (Å²) in [4.78, 5) is 3.40. The Morgan fingerprint density at radius 2 is 1.89 bits per heavy atom. The van der Waals surface area contributed by atoms with Crippen LogP contribution in [0.1, 0.15) is 23.5 Å².